The van der Waals surface area contributed by atoms with Gasteiger partial charge in [-0.15, -0.1) is 0 Å². The molecule has 2 rings (SSSR count). The third-order valence-electron chi connectivity index (χ3n) is 3.89. The van der Waals surface area contributed by atoms with E-state index < -0.39 is 10.1 Å². The summed E-state index contributed by atoms with van der Waals surface area (Å²) >= 11 is 12.1. The molecule has 28 heavy (non-hydrogen) atoms. The fourth-order valence-electron chi connectivity index (χ4n) is 2.47. The highest BCUT2D eigenvalue weighted by atomic mass is 35.5. The summed E-state index contributed by atoms with van der Waals surface area (Å²) in [5.74, 6) is -0.294. The van der Waals surface area contributed by atoms with Crippen LogP contribution in [0, 0.1) is 5.41 Å². The van der Waals surface area contributed by atoms with Crippen molar-refractivity contribution in [3.05, 3.63) is 69.2 Å². The van der Waals surface area contributed by atoms with Crippen LogP contribution in [0.5, 0.6) is 0 Å². The van der Waals surface area contributed by atoms with Crippen molar-refractivity contribution in [2.45, 2.75) is 33.6 Å². The second-order valence-corrected chi connectivity index (χ2v) is 10.4. The fourth-order valence-corrected chi connectivity index (χ4v) is 4.00. The van der Waals surface area contributed by atoms with Crippen LogP contribution in [0.2, 0.25) is 10.0 Å². The van der Waals surface area contributed by atoms with E-state index in [1.807, 2.05) is 26.8 Å². The van der Waals surface area contributed by atoms with Gasteiger partial charge in [-0.05, 0) is 48.1 Å². The lowest BCUT2D eigenvalue weighted by molar-refractivity contribution is 0.103. The van der Waals surface area contributed by atoms with Gasteiger partial charge in [-0.25, -0.2) is 0 Å². The van der Waals surface area contributed by atoms with Gasteiger partial charge in [0.05, 0.1) is 17.4 Å². The van der Waals surface area contributed by atoms with Crippen LogP contribution in [0.1, 0.15) is 48.7 Å². The maximum absolute atomic E-state index is 12.7. The molecule has 2 aromatic carbocycles. The number of rotatable bonds is 8. The number of benzene rings is 2. The largest absolute Gasteiger partial charge is 0.289 e. The molecule has 0 aliphatic heterocycles. The second kappa shape index (κ2) is 9.40. The zero-order chi connectivity index (χ0) is 20.9. The Kier molecular flexibility index (Phi) is 7.68. The van der Waals surface area contributed by atoms with Crippen molar-refractivity contribution >= 4 is 39.1 Å². The molecule has 0 spiro atoms. The summed E-state index contributed by atoms with van der Waals surface area (Å²) in [7, 11) is -3.56. The number of carbonyl (C=O) groups excluding carboxylic acids is 1. The van der Waals surface area contributed by atoms with Crippen LogP contribution < -0.4 is 0 Å². The fraction of sp³-hybridized carbons (Fsp3) is 0.381. The Bertz CT molecular complexity index is 947. The Balaban J connectivity index is 2.02. The lowest BCUT2D eigenvalue weighted by Crippen LogP contribution is -2.20. The number of hydrogen-bond donors (Lipinski definition) is 0. The Morgan fingerprint density at radius 1 is 1.07 bits per heavy atom. The molecule has 0 amide bonds. The molecule has 0 N–H and O–H groups in total. The maximum atomic E-state index is 12.7. The molecule has 0 fully saturated rings. The normalized spacial score (nSPS) is 12.2. The first-order valence-corrected chi connectivity index (χ1v) is 11.3. The molecule has 4 nitrogen and oxygen atoms in total. The SMILES string of the molecule is CC(C)(C)COS(=O)(=O)CCCc1cccc(C(=O)c2cc(Cl)ccc2Cl)c1. The van der Waals surface area contributed by atoms with Crippen LogP contribution in [0.15, 0.2) is 42.5 Å². The topological polar surface area (TPSA) is 60.4 Å². The Hall–Kier alpha value is -1.40. The van der Waals surface area contributed by atoms with Gasteiger partial charge in [0.15, 0.2) is 5.78 Å². The second-order valence-electron chi connectivity index (χ2n) is 7.84. The van der Waals surface area contributed by atoms with E-state index in [-0.39, 0.29) is 23.6 Å². The summed E-state index contributed by atoms with van der Waals surface area (Å²) in [6.07, 6.45) is 0.921. The Morgan fingerprint density at radius 2 is 1.79 bits per heavy atom. The van der Waals surface area contributed by atoms with Gasteiger partial charge in [-0.3, -0.25) is 8.98 Å². The smallest absolute Gasteiger partial charge is 0.267 e. The van der Waals surface area contributed by atoms with Gasteiger partial charge < -0.3 is 0 Å². The van der Waals surface area contributed by atoms with Gasteiger partial charge >= 0.3 is 0 Å². The minimum absolute atomic E-state index is 0.0681. The van der Waals surface area contributed by atoms with Gasteiger partial charge in [0, 0.05) is 16.1 Å². The molecule has 0 saturated heterocycles. The summed E-state index contributed by atoms with van der Waals surface area (Å²) in [5, 5.41) is 0.770. The van der Waals surface area contributed by atoms with Gasteiger partial charge in [-0.1, -0.05) is 62.2 Å². The monoisotopic (exact) mass is 442 g/mol. The number of ketones is 1. The van der Waals surface area contributed by atoms with E-state index in [1.54, 1.807) is 30.3 Å². The van der Waals surface area contributed by atoms with E-state index in [0.717, 1.165) is 5.56 Å². The van der Waals surface area contributed by atoms with Crippen molar-refractivity contribution in [1.82, 2.24) is 0 Å². The minimum Gasteiger partial charge on any atom is -0.289 e. The van der Waals surface area contributed by atoms with Crippen LogP contribution in [-0.4, -0.2) is 26.6 Å². The van der Waals surface area contributed by atoms with Crippen LogP contribution in [-0.2, 0) is 20.7 Å². The molecule has 152 valence electrons. The molecule has 0 aliphatic carbocycles. The first-order chi connectivity index (χ1) is 13.0. The lowest BCUT2D eigenvalue weighted by Gasteiger charge is -2.17. The highest BCUT2D eigenvalue weighted by Crippen LogP contribution is 2.24. The molecular weight excluding hydrogens is 419 g/mol. The number of carbonyl (C=O) groups is 1. The van der Waals surface area contributed by atoms with Crippen molar-refractivity contribution < 1.29 is 17.4 Å². The summed E-state index contributed by atoms with van der Waals surface area (Å²) < 4.78 is 29.1. The first kappa shape index (κ1) is 22.9. The van der Waals surface area contributed by atoms with Crippen molar-refractivity contribution in [2.75, 3.05) is 12.4 Å². The van der Waals surface area contributed by atoms with E-state index in [4.69, 9.17) is 27.4 Å². The molecule has 0 heterocycles. The van der Waals surface area contributed by atoms with Gasteiger partial charge in [0.1, 0.15) is 0 Å². The van der Waals surface area contributed by atoms with Gasteiger partial charge in [-0.2, -0.15) is 8.42 Å². The third-order valence-corrected chi connectivity index (χ3v) is 5.72. The molecule has 2 aromatic rings. The number of aryl methyl sites for hydroxylation is 1. The lowest BCUT2D eigenvalue weighted by atomic mass is 9.99. The first-order valence-electron chi connectivity index (χ1n) is 8.93. The zero-order valence-electron chi connectivity index (χ0n) is 16.2. The average molecular weight is 443 g/mol. The van der Waals surface area contributed by atoms with E-state index in [1.165, 1.54) is 6.07 Å². The maximum Gasteiger partial charge on any atom is 0.267 e. The summed E-state index contributed by atoms with van der Waals surface area (Å²) in [6, 6.07) is 11.8. The third kappa shape index (κ3) is 7.21. The molecule has 0 bridgehead atoms. The molecular formula is C21H24Cl2O4S. The predicted octanol–water partition coefficient (Wildman–Crippen LogP) is 5.55. The average Bonchev–Trinajstić information content (AvgIpc) is 2.61. The summed E-state index contributed by atoms with van der Waals surface area (Å²) in [4.78, 5) is 12.7. The van der Waals surface area contributed by atoms with Crippen LogP contribution >= 0.6 is 23.2 Å². The molecule has 0 aromatic heterocycles. The highest BCUT2D eigenvalue weighted by Gasteiger charge is 2.18. The standard InChI is InChI=1S/C21H24Cl2O4S/c1-21(2,3)14-27-28(25,26)11-5-7-15-6-4-8-16(12-15)20(24)18-13-17(22)9-10-19(18)23/h4,6,8-10,12-13H,5,7,11,14H2,1-3H3. The predicted molar refractivity (Wildman–Crippen MR) is 114 cm³/mol. The highest BCUT2D eigenvalue weighted by molar-refractivity contribution is 7.86. The van der Waals surface area contributed by atoms with Crippen molar-refractivity contribution in [3.8, 4) is 0 Å². The van der Waals surface area contributed by atoms with Crippen LogP contribution in [0.25, 0.3) is 0 Å². The van der Waals surface area contributed by atoms with Crippen molar-refractivity contribution in [1.29, 1.82) is 0 Å². The van der Waals surface area contributed by atoms with Gasteiger partial charge in [0.2, 0.25) is 0 Å². The molecule has 0 aliphatic rings. The quantitative estimate of drug-likeness (QED) is 0.397. The van der Waals surface area contributed by atoms with Crippen molar-refractivity contribution in [2.24, 2.45) is 5.41 Å². The Labute approximate surface area is 176 Å². The van der Waals surface area contributed by atoms with Gasteiger partial charge in [0.25, 0.3) is 10.1 Å². The molecule has 0 atom stereocenters. The molecule has 7 heteroatoms. The Morgan fingerprint density at radius 3 is 2.46 bits per heavy atom. The minimum atomic E-state index is -3.56. The molecule has 0 radical (unpaired) electrons. The number of hydrogen-bond acceptors (Lipinski definition) is 4. The van der Waals surface area contributed by atoms with E-state index in [9.17, 15) is 13.2 Å². The van der Waals surface area contributed by atoms with E-state index in [0.29, 0.717) is 34.0 Å². The van der Waals surface area contributed by atoms with Crippen LogP contribution in [0.4, 0.5) is 0 Å². The van der Waals surface area contributed by atoms with E-state index in [2.05, 4.69) is 0 Å². The van der Waals surface area contributed by atoms with E-state index >= 15 is 0 Å². The number of halogens is 2. The summed E-state index contributed by atoms with van der Waals surface area (Å²) in [6.45, 7) is 5.89. The van der Waals surface area contributed by atoms with Crippen molar-refractivity contribution in [3.63, 3.8) is 0 Å². The van der Waals surface area contributed by atoms with Crippen LogP contribution in [0.3, 0.4) is 0 Å². The zero-order valence-corrected chi connectivity index (χ0v) is 18.5. The summed E-state index contributed by atoms with van der Waals surface area (Å²) in [5.41, 5.74) is 1.47. The molecule has 0 saturated carbocycles. The molecule has 0 unspecified atom stereocenters.